The van der Waals surface area contributed by atoms with E-state index in [1.54, 1.807) is 6.07 Å². The third kappa shape index (κ3) is 4.73. The number of nitrogens with one attached hydrogen (secondary N) is 1. The number of rotatable bonds is 6. The summed E-state index contributed by atoms with van der Waals surface area (Å²) in [5.74, 6) is -0.669. The zero-order valence-electron chi connectivity index (χ0n) is 15.7. The fraction of sp³-hybridized carbons (Fsp3) is 0.100. The molecule has 0 spiro atoms. The first-order valence-electron chi connectivity index (χ1n) is 8.64. The van der Waals surface area contributed by atoms with Crippen LogP contribution in [0.3, 0.4) is 0 Å². The van der Waals surface area contributed by atoms with E-state index in [0.29, 0.717) is 5.56 Å². The number of benzene rings is 3. The smallest absolute Gasteiger partial charge is 0.255 e. The molecule has 1 amide bonds. The number of carbonyl (C=O) groups is 1. The molecule has 30 heavy (non-hydrogen) atoms. The quantitative estimate of drug-likeness (QED) is 0.428. The van der Waals surface area contributed by atoms with Gasteiger partial charge >= 0.3 is 0 Å². The number of fused-ring (bicyclic) bond motifs is 1. The second kappa shape index (κ2) is 9.01. The van der Waals surface area contributed by atoms with E-state index in [9.17, 15) is 18.3 Å². The molecule has 0 aliphatic heterocycles. The van der Waals surface area contributed by atoms with Gasteiger partial charge in [-0.3, -0.25) is 4.79 Å². The van der Waals surface area contributed by atoms with Crippen molar-refractivity contribution >= 4 is 56.1 Å². The van der Waals surface area contributed by atoms with Gasteiger partial charge in [0.15, 0.2) is 0 Å². The molecule has 3 rings (SSSR count). The number of phenolic OH excluding ortho intramolecular Hbond substituents is 1. The summed E-state index contributed by atoms with van der Waals surface area (Å²) in [6.07, 6.45) is 1.30. The SMILES string of the molecule is CN(CC(=O)N/N=C\c1c(O)ccc2ccccc12)S(=O)(=O)c1cc(Cl)ccc1Cl. The molecule has 156 valence electrons. The van der Waals surface area contributed by atoms with E-state index >= 15 is 0 Å². The van der Waals surface area contributed by atoms with Crippen LogP contribution in [0.4, 0.5) is 0 Å². The van der Waals surface area contributed by atoms with Crippen LogP contribution in [0.2, 0.25) is 10.0 Å². The molecule has 3 aromatic rings. The van der Waals surface area contributed by atoms with Crippen LogP contribution in [0, 0.1) is 0 Å². The molecule has 0 unspecified atom stereocenters. The van der Waals surface area contributed by atoms with Gasteiger partial charge in [-0.25, -0.2) is 13.8 Å². The van der Waals surface area contributed by atoms with Crippen molar-refractivity contribution in [2.75, 3.05) is 13.6 Å². The summed E-state index contributed by atoms with van der Waals surface area (Å²) in [4.78, 5) is 12.0. The first-order valence-corrected chi connectivity index (χ1v) is 10.8. The summed E-state index contributed by atoms with van der Waals surface area (Å²) < 4.78 is 26.2. The lowest BCUT2D eigenvalue weighted by Gasteiger charge is -2.17. The first-order chi connectivity index (χ1) is 14.2. The van der Waals surface area contributed by atoms with Crippen LogP contribution in [-0.4, -0.2) is 43.5 Å². The van der Waals surface area contributed by atoms with Crippen LogP contribution in [0.15, 0.2) is 64.6 Å². The van der Waals surface area contributed by atoms with Crippen molar-refractivity contribution in [1.29, 1.82) is 0 Å². The summed E-state index contributed by atoms with van der Waals surface area (Å²) >= 11 is 11.8. The highest BCUT2D eigenvalue weighted by Crippen LogP contribution is 2.27. The number of sulfonamides is 1. The molecule has 0 aliphatic carbocycles. The van der Waals surface area contributed by atoms with Crippen molar-refractivity contribution in [3.63, 3.8) is 0 Å². The zero-order chi connectivity index (χ0) is 21.9. The Bertz CT molecular complexity index is 1250. The molecular weight excluding hydrogens is 449 g/mol. The molecule has 0 radical (unpaired) electrons. The number of nitrogens with zero attached hydrogens (tertiary/aromatic N) is 2. The molecule has 0 saturated heterocycles. The molecule has 0 aliphatic rings. The van der Waals surface area contributed by atoms with E-state index in [-0.39, 0.29) is 20.7 Å². The number of hydrogen-bond acceptors (Lipinski definition) is 5. The van der Waals surface area contributed by atoms with Gasteiger partial charge in [-0.15, -0.1) is 0 Å². The van der Waals surface area contributed by atoms with Crippen LogP contribution in [0.1, 0.15) is 5.56 Å². The highest BCUT2D eigenvalue weighted by Gasteiger charge is 2.25. The predicted molar refractivity (Wildman–Crippen MR) is 118 cm³/mol. The summed E-state index contributed by atoms with van der Waals surface area (Å²) in [6.45, 7) is -0.496. The Balaban J connectivity index is 1.72. The second-order valence-corrected chi connectivity index (χ2v) is 9.21. The molecule has 0 atom stereocenters. The minimum Gasteiger partial charge on any atom is -0.507 e. The maximum Gasteiger partial charge on any atom is 0.255 e. The zero-order valence-corrected chi connectivity index (χ0v) is 18.0. The molecule has 0 bridgehead atoms. The standard InChI is InChI=1S/C20H17Cl2N3O4S/c1-25(30(28,29)19-10-14(21)7-8-17(19)22)12-20(27)24-23-11-16-15-5-3-2-4-13(15)6-9-18(16)26/h2-11,26H,12H2,1H3,(H,24,27)/b23-11-. The van der Waals surface area contributed by atoms with E-state index in [2.05, 4.69) is 10.5 Å². The first kappa shape index (κ1) is 22.0. The lowest BCUT2D eigenvalue weighted by Crippen LogP contribution is -2.36. The maximum atomic E-state index is 12.7. The highest BCUT2D eigenvalue weighted by molar-refractivity contribution is 7.89. The van der Waals surface area contributed by atoms with Gasteiger partial charge in [-0.2, -0.15) is 9.41 Å². The Morgan fingerprint density at radius 3 is 2.67 bits per heavy atom. The minimum absolute atomic E-state index is 0.00185. The second-order valence-electron chi connectivity index (χ2n) is 6.35. The molecule has 7 nitrogen and oxygen atoms in total. The Kier molecular flexibility index (Phi) is 6.62. The Morgan fingerprint density at radius 1 is 1.17 bits per heavy atom. The molecular formula is C20H17Cl2N3O4S. The fourth-order valence-corrected chi connectivity index (χ4v) is 4.61. The highest BCUT2D eigenvalue weighted by atomic mass is 35.5. The molecule has 0 heterocycles. The van der Waals surface area contributed by atoms with Crippen molar-refractivity contribution in [2.45, 2.75) is 4.90 Å². The average molecular weight is 466 g/mol. The van der Waals surface area contributed by atoms with Crippen LogP contribution >= 0.6 is 23.2 Å². The number of hydrazone groups is 1. The number of aromatic hydroxyl groups is 1. The summed E-state index contributed by atoms with van der Waals surface area (Å²) in [7, 11) is -2.79. The van der Waals surface area contributed by atoms with Gasteiger partial charge in [0.2, 0.25) is 10.0 Å². The van der Waals surface area contributed by atoms with Gasteiger partial charge in [0.25, 0.3) is 5.91 Å². The molecule has 3 aromatic carbocycles. The van der Waals surface area contributed by atoms with Gasteiger partial charge < -0.3 is 5.11 Å². The van der Waals surface area contributed by atoms with Gasteiger partial charge in [0.05, 0.1) is 17.8 Å². The Morgan fingerprint density at radius 2 is 1.90 bits per heavy atom. The van der Waals surface area contributed by atoms with E-state index in [1.165, 1.54) is 37.5 Å². The van der Waals surface area contributed by atoms with Crippen molar-refractivity contribution in [3.05, 3.63) is 70.2 Å². The van der Waals surface area contributed by atoms with Crippen molar-refractivity contribution in [1.82, 2.24) is 9.73 Å². The number of phenols is 1. The predicted octanol–water partition coefficient (Wildman–Crippen LogP) is 3.62. The van der Waals surface area contributed by atoms with Crippen molar-refractivity contribution in [3.8, 4) is 5.75 Å². The maximum absolute atomic E-state index is 12.7. The van der Waals surface area contributed by atoms with Crippen molar-refractivity contribution in [2.24, 2.45) is 5.10 Å². The van der Waals surface area contributed by atoms with Gasteiger partial charge in [-0.05, 0) is 35.0 Å². The van der Waals surface area contributed by atoms with Gasteiger partial charge in [0, 0.05) is 17.6 Å². The number of halogens is 2. The number of likely N-dealkylation sites (N-methyl/N-ethyl adjacent to an activating group) is 1. The monoisotopic (exact) mass is 465 g/mol. The van der Waals surface area contributed by atoms with Crippen LogP contribution < -0.4 is 5.43 Å². The van der Waals surface area contributed by atoms with E-state index in [1.807, 2.05) is 24.3 Å². The third-order valence-electron chi connectivity index (χ3n) is 4.28. The largest absolute Gasteiger partial charge is 0.507 e. The molecule has 0 fully saturated rings. The lowest BCUT2D eigenvalue weighted by atomic mass is 10.0. The lowest BCUT2D eigenvalue weighted by molar-refractivity contribution is -0.121. The van der Waals surface area contributed by atoms with Gasteiger partial charge in [-0.1, -0.05) is 53.5 Å². The van der Waals surface area contributed by atoms with Crippen LogP contribution in [0.5, 0.6) is 5.75 Å². The van der Waals surface area contributed by atoms with E-state index < -0.39 is 22.5 Å². The Labute approximate surface area is 183 Å². The topological polar surface area (TPSA) is 99.1 Å². The summed E-state index contributed by atoms with van der Waals surface area (Å²) in [5, 5.41) is 15.8. The minimum atomic E-state index is -4.04. The molecule has 0 aromatic heterocycles. The Hall–Kier alpha value is -2.65. The average Bonchev–Trinajstić information content (AvgIpc) is 2.71. The van der Waals surface area contributed by atoms with E-state index in [4.69, 9.17) is 23.2 Å². The van der Waals surface area contributed by atoms with Crippen molar-refractivity contribution < 1.29 is 18.3 Å². The molecule has 0 saturated carbocycles. The number of carbonyl (C=O) groups excluding carboxylic acids is 1. The summed E-state index contributed by atoms with van der Waals surface area (Å²) in [6, 6.07) is 14.7. The van der Waals surface area contributed by atoms with Crippen LogP contribution in [0.25, 0.3) is 10.8 Å². The fourth-order valence-electron chi connectivity index (χ4n) is 2.75. The number of amides is 1. The third-order valence-corrected chi connectivity index (χ3v) is 6.80. The van der Waals surface area contributed by atoms with Crippen LogP contribution in [-0.2, 0) is 14.8 Å². The molecule has 10 heteroatoms. The normalized spacial score (nSPS) is 12.0. The van der Waals surface area contributed by atoms with E-state index in [0.717, 1.165) is 15.1 Å². The van der Waals surface area contributed by atoms with Gasteiger partial charge in [0.1, 0.15) is 10.6 Å². The number of hydrogen-bond donors (Lipinski definition) is 2. The summed E-state index contributed by atoms with van der Waals surface area (Å²) in [5.41, 5.74) is 2.69. The molecule has 2 N–H and O–H groups in total.